The lowest BCUT2D eigenvalue weighted by Gasteiger charge is -2.15. The first-order valence-electron chi connectivity index (χ1n) is 6.35. The Balaban J connectivity index is 2.47. The van der Waals surface area contributed by atoms with Gasteiger partial charge in [0.2, 0.25) is 0 Å². The molecule has 1 aromatic rings. The van der Waals surface area contributed by atoms with Crippen molar-refractivity contribution in [2.75, 3.05) is 12.3 Å². The van der Waals surface area contributed by atoms with Crippen molar-refractivity contribution in [3.8, 4) is 5.75 Å². The molecule has 0 aromatic heterocycles. The van der Waals surface area contributed by atoms with Gasteiger partial charge in [0.25, 0.3) is 5.91 Å². The number of amides is 1. The number of rotatable bonds is 6. The van der Waals surface area contributed by atoms with E-state index >= 15 is 0 Å². The summed E-state index contributed by atoms with van der Waals surface area (Å²) in [5.74, 6) is 0.448. The highest BCUT2D eigenvalue weighted by Gasteiger charge is 2.09. The number of carbonyl (C=O) groups is 1. The van der Waals surface area contributed by atoms with Crippen molar-refractivity contribution in [3.05, 3.63) is 23.8 Å². The molecule has 0 aliphatic carbocycles. The first kappa shape index (κ1) is 14.4. The highest BCUT2D eigenvalue weighted by atomic mass is 16.5. The van der Waals surface area contributed by atoms with Crippen LogP contribution in [0.4, 0.5) is 5.69 Å². The van der Waals surface area contributed by atoms with E-state index in [1.165, 1.54) is 0 Å². The molecule has 0 bridgehead atoms. The lowest BCUT2D eigenvalue weighted by atomic mass is 10.2. The Morgan fingerprint density at radius 1 is 1.39 bits per heavy atom. The van der Waals surface area contributed by atoms with Crippen molar-refractivity contribution >= 4 is 11.6 Å². The Labute approximate surface area is 109 Å². The highest BCUT2D eigenvalue weighted by molar-refractivity contribution is 5.78. The van der Waals surface area contributed by atoms with Gasteiger partial charge in [0.05, 0.1) is 5.69 Å². The maximum atomic E-state index is 11.6. The van der Waals surface area contributed by atoms with Crippen molar-refractivity contribution in [1.29, 1.82) is 0 Å². The van der Waals surface area contributed by atoms with E-state index in [0.29, 0.717) is 11.4 Å². The monoisotopic (exact) mass is 250 g/mol. The molecule has 0 saturated carbocycles. The standard InChI is InChI=1S/C14H22N2O2/c1-4-11(5-2)16-14(17)9-18-13-7-6-10(3)8-12(13)15/h6-8,11H,4-5,9,15H2,1-3H3,(H,16,17). The average molecular weight is 250 g/mol. The number of ether oxygens (including phenoxy) is 1. The quantitative estimate of drug-likeness (QED) is 0.761. The van der Waals surface area contributed by atoms with Crippen LogP contribution in [0.1, 0.15) is 32.3 Å². The lowest BCUT2D eigenvalue weighted by Crippen LogP contribution is -2.37. The summed E-state index contributed by atoms with van der Waals surface area (Å²) >= 11 is 0. The predicted molar refractivity (Wildman–Crippen MR) is 73.6 cm³/mol. The van der Waals surface area contributed by atoms with Crippen molar-refractivity contribution in [1.82, 2.24) is 5.32 Å². The Bertz CT molecular complexity index is 401. The van der Waals surface area contributed by atoms with Gasteiger partial charge >= 0.3 is 0 Å². The fraction of sp³-hybridized carbons (Fsp3) is 0.500. The fourth-order valence-corrected chi connectivity index (χ4v) is 1.70. The molecular weight excluding hydrogens is 228 g/mol. The van der Waals surface area contributed by atoms with E-state index in [-0.39, 0.29) is 18.6 Å². The minimum Gasteiger partial charge on any atom is -0.482 e. The molecule has 0 fully saturated rings. The molecule has 0 heterocycles. The van der Waals surface area contributed by atoms with Gasteiger partial charge in [-0.15, -0.1) is 0 Å². The number of nitrogens with two attached hydrogens (primary N) is 1. The zero-order chi connectivity index (χ0) is 13.5. The second-order valence-electron chi connectivity index (χ2n) is 4.41. The topological polar surface area (TPSA) is 64.3 Å². The van der Waals surface area contributed by atoms with Crippen LogP contribution in [0.25, 0.3) is 0 Å². The SMILES string of the molecule is CCC(CC)NC(=O)COc1ccc(C)cc1N. The molecule has 0 aliphatic heterocycles. The summed E-state index contributed by atoms with van der Waals surface area (Å²) < 4.78 is 5.41. The van der Waals surface area contributed by atoms with E-state index in [1.807, 2.05) is 32.9 Å². The Morgan fingerprint density at radius 3 is 2.61 bits per heavy atom. The van der Waals surface area contributed by atoms with Crippen LogP contribution in [0.15, 0.2) is 18.2 Å². The van der Waals surface area contributed by atoms with Gasteiger partial charge in [0.1, 0.15) is 5.75 Å². The van der Waals surface area contributed by atoms with Crippen molar-refractivity contribution in [3.63, 3.8) is 0 Å². The number of nitrogen functional groups attached to an aromatic ring is 1. The van der Waals surface area contributed by atoms with Crippen LogP contribution in [-0.4, -0.2) is 18.6 Å². The normalized spacial score (nSPS) is 10.4. The third-order valence-electron chi connectivity index (χ3n) is 2.87. The minimum absolute atomic E-state index is 0.00373. The molecule has 0 spiro atoms. The molecule has 0 saturated heterocycles. The van der Waals surface area contributed by atoms with Gasteiger partial charge in [-0.3, -0.25) is 4.79 Å². The molecule has 1 rings (SSSR count). The molecule has 1 aromatic carbocycles. The number of aryl methyl sites for hydroxylation is 1. The van der Waals surface area contributed by atoms with E-state index < -0.39 is 0 Å². The fourth-order valence-electron chi connectivity index (χ4n) is 1.70. The highest BCUT2D eigenvalue weighted by Crippen LogP contribution is 2.21. The smallest absolute Gasteiger partial charge is 0.258 e. The van der Waals surface area contributed by atoms with Gasteiger partial charge in [-0.1, -0.05) is 19.9 Å². The summed E-state index contributed by atoms with van der Waals surface area (Å²) in [4.78, 5) is 11.6. The molecule has 0 radical (unpaired) electrons. The van der Waals surface area contributed by atoms with Gasteiger partial charge in [-0.05, 0) is 37.5 Å². The van der Waals surface area contributed by atoms with Crippen LogP contribution >= 0.6 is 0 Å². The van der Waals surface area contributed by atoms with Crippen molar-refractivity contribution in [2.45, 2.75) is 39.7 Å². The number of hydrogen-bond donors (Lipinski definition) is 2. The van der Waals surface area contributed by atoms with Crippen LogP contribution < -0.4 is 15.8 Å². The van der Waals surface area contributed by atoms with Gasteiger partial charge in [0.15, 0.2) is 6.61 Å². The van der Waals surface area contributed by atoms with Crippen molar-refractivity contribution < 1.29 is 9.53 Å². The van der Waals surface area contributed by atoms with E-state index in [9.17, 15) is 4.79 Å². The molecule has 1 amide bonds. The van der Waals surface area contributed by atoms with Gasteiger partial charge in [-0.2, -0.15) is 0 Å². The summed E-state index contributed by atoms with van der Waals surface area (Å²) in [6.45, 7) is 6.06. The van der Waals surface area contributed by atoms with Crippen LogP contribution in [0, 0.1) is 6.92 Å². The molecule has 4 heteroatoms. The third kappa shape index (κ3) is 4.28. The largest absolute Gasteiger partial charge is 0.482 e. The maximum Gasteiger partial charge on any atom is 0.258 e. The Morgan fingerprint density at radius 2 is 2.06 bits per heavy atom. The third-order valence-corrected chi connectivity index (χ3v) is 2.87. The van der Waals surface area contributed by atoms with Gasteiger partial charge in [-0.25, -0.2) is 0 Å². The molecule has 0 unspecified atom stereocenters. The first-order chi connectivity index (χ1) is 8.56. The van der Waals surface area contributed by atoms with Crippen LogP contribution in [0.2, 0.25) is 0 Å². The lowest BCUT2D eigenvalue weighted by molar-refractivity contribution is -0.123. The number of hydrogen-bond acceptors (Lipinski definition) is 3. The Kier molecular flexibility index (Phi) is 5.49. The van der Waals surface area contributed by atoms with E-state index in [0.717, 1.165) is 18.4 Å². The number of carbonyl (C=O) groups excluding carboxylic acids is 1. The van der Waals surface area contributed by atoms with Crippen LogP contribution in [0.3, 0.4) is 0 Å². The molecule has 3 N–H and O–H groups in total. The van der Waals surface area contributed by atoms with Crippen LogP contribution in [-0.2, 0) is 4.79 Å². The first-order valence-corrected chi connectivity index (χ1v) is 6.35. The van der Waals surface area contributed by atoms with Crippen molar-refractivity contribution in [2.24, 2.45) is 0 Å². The van der Waals surface area contributed by atoms with E-state index in [4.69, 9.17) is 10.5 Å². The zero-order valence-corrected chi connectivity index (χ0v) is 11.3. The Hall–Kier alpha value is -1.71. The minimum atomic E-state index is -0.108. The van der Waals surface area contributed by atoms with Crippen LogP contribution in [0.5, 0.6) is 5.75 Å². The molecule has 4 nitrogen and oxygen atoms in total. The summed E-state index contributed by atoms with van der Waals surface area (Å²) in [5.41, 5.74) is 7.44. The summed E-state index contributed by atoms with van der Waals surface area (Å²) in [7, 11) is 0. The number of nitrogens with one attached hydrogen (secondary N) is 1. The average Bonchev–Trinajstić information content (AvgIpc) is 2.35. The molecule has 0 aliphatic rings. The van der Waals surface area contributed by atoms with Gasteiger partial charge < -0.3 is 15.8 Å². The molecule has 100 valence electrons. The summed E-state index contributed by atoms with van der Waals surface area (Å²) in [6.07, 6.45) is 1.85. The second-order valence-corrected chi connectivity index (χ2v) is 4.41. The molecule has 18 heavy (non-hydrogen) atoms. The number of anilines is 1. The zero-order valence-electron chi connectivity index (χ0n) is 11.3. The summed E-state index contributed by atoms with van der Waals surface area (Å²) in [5, 5.41) is 2.91. The number of benzene rings is 1. The van der Waals surface area contributed by atoms with E-state index in [1.54, 1.807) is 6.07 Å². The molecular formula is C14H22N2O2. The molecule has 0 atom stereocenters. The predicted octanol–water partition coefficient (Wildman–Crippen LogP) is 2.26. The second kappa shape index (κ2) is 6.89. The van der Waals surface area contributed by atoms with Gasteiger partial charge in [0, 0.05) is 6.04 Å². The van der Waals surface area contributed by atoms with E-state index in [2.05, 4.69) is 5.32 Å². The summed E-state index contributed by atoms with van der Waals surface area (Å²) in [6, 6.07) is 5.74. The maximum absolute atomic E-state index is 11.6.